The molecule has 5 rings (SSSR count). The molecule has 186 valence electrons. The van der Waals surface area contributed by atoms with Crippen LogP contribution in [-0.4, -0.2) is 50.7 Å². The van der Waals surface area contributed by atoms with Gasteiger partial charge in [-0.15, -0.1) is 0 Å². The number of pyridine rings is 1. The van der Waals surface area contributed by atoms with Crippen molar-refractivity contribution in [3.05, 3.63) is 81.8 Å². The van der Waals surface area contributed by atoms with Crippen LogP contribution in [-0.2, 0) is 6.54 Å². The smallest absolute Gasteiger partial charge is 0.267 e. The highest BCUT2D eigenvalue weighted by Gasteiger charge is 2.21. The Morgan fingerprint density at radius 3 is 2.61 bits per heavy atom. The fourth-order valence-corrected chi connectivity index (χ4v) is 5.19. The van der Waals surface area contributed by atoms with E-state index in [9.17, 15) is 14.3 Å². The lowest BCUT2D eigenvalue weighted by molar-refractivity contribution is 0.294. The second kappa shape index (κ2) is 9.79. The maximum Gasteiger partial charge on any atom is 0.267 e. The van der Waals surface area contributed by atoms with Crippen molar-refractivity contribution in [3.8, 4) is 22.6 Å². The molecule has 0 amide bonds. The molecular formula is C28H30FN5O2. The lowest BCUT2D eigenvalue weighted by atomic mass is 9.96. The predicted molar refractivity (Wildman–Crippen MR) is 139 cm³/mol. The van der Waals surface area contributed by atoms with Crippen LogP contribution in [0.15, 0.2) is 53.7 Å². The Hall–Kier alpha value is -3.62. The Kier molecular flexibility index (Phi) is 6.55. The number of fused-ring (bicyclic) bond motifs is 1. The van der Waals surface area contributed by atoms with Crippen molar-refractivity contribution in [2.24, 2.45) is 0 Å². The lowest BCUT2D eigenvalue weighted by Crippen LogP contribution is -2.35. The first-order valence-electron chi connectivity index (χ1n) is 12.2. The molecule has 2 N–H and O–H groups in total. The number of aryl methyl sites for hydroxylation is 2. The van der Waals surface area contributed by atoms with Gasteiger partial charge < -0.3 is 15.3 Å². The molecule has 1 atom stereocenters. The largest absolute Gasteiger partial charge is 0.508 e. The third-order valence-electron chi connectivity index (χ3n) is 6.70. The molecule has 0 spiro atoms. The lowest BCUT2D eigenvalue weighted by Gasteiger charge is -2.23. The van der Waals surface area contributed by atoms with E-state index in [0.717, 1.165) is 53.4 Å². The third kappa shape index (κ3) is 4.87. The quantitative estimate of drug-likeness (QED) is 0.426. The zero-order valence-corrected chi connectivity index (χ0v) is 20.8. The number of aromatic nitrogens is 3. The first kappa shape index (κ1) is 24.1. The topological polar surface area (TPSA) is 83.3 Å². The van der Waals surface area contributed by atoms with Crippen LogP contribution in [0.3, 0.4) is 0 Å². The number of hydrogen-bond acceptors (Lipinski definition) is 6. The molecular weight excluding hydrogens is 457 g/mol. The number of nitrogens with one attached hydrogen (secondary N) is 1. The summed E-state index contributed by atoms with van der Waals surface area (Å²) in [5, 5.41) is 13.8. The average Bonchev–Trinajstić information content (AvgIpc) is 3.31. The van der Waals surface area contributed by atoms with Crippen LogP contribution >= 0.6 is 0 Å². The van der Waals surface area contributed by atoms with Gasteiger partial charge in [-0.2, -0.15) is 0 Å². The summed E-state index contributed by atoms with van der Waals surface area (Å²) in [5.41, 5.74) is 5.13. The van der Waals surface area contributed by atoms with E-state index in [1.807, 2.05) is 13.8 Å². The fourth-order valence-electron chi connectivity index (χ4n) is 5.19. The van der Waals surface area contributed by atoms with Gasteiger partial charge >= 0.3 is 0 Å². The van der Waals surface area contributed by atoms with Crippen LogP contribution in [0.4, 0.5) is 4.39 Å². The number of phenols is 1. The van der Waals surface area contributed by atoms with Gasteiger partial charge in [0, 0.05) is 43.0 Å². The van der Waals surface area contributed by atoms with Crippen LogP contribution in [0, 0.1) is 19.7 Å². The Labute approximate surface area is 209 Å². The van der Waals surface area contributed by atoms with Gasteiger partial charge in [-0.3, -0.25) is 9.36 Å². The molecule has 0 radical (unpaired) electrons. The average molecular weight is 488 g/mol. The van der Waals surface area contributed by atoms with E-state index in [1.54, 1.807) is 6.20 Å². The van der Waals surface area contributed by atoms with Gasteiger partial charge in [-0.25, -0.2) is 14.4 Å². The van der Waals surface area contributed by atoms with Crippen molar-refractivity contribution in [2.45, 2.75) is 39.3 Å². The summed E-state index contributed by atoms with van der Waals surface area (Å²) >= 11 is 0. The number of likely N-dealkylation sites (N-methyl/N-ethyl adjacent to an activating group) is 1. The number of rotatable bonds is 6. The molecule has 1 fully saturated rings. The normalized spacial score (nSPS) is 15.8. The summed E-state index contributed by atoms with van der Waals surface area (Å²) in [6.07, 6.45) is 5.42. The minimum Gasteiger partial charge on any atom is -0.508 e. The highest BCUT2D eigenvalue weighted by molar-refractivity contribution is 5.86. The zero-order valence-electron chi connectivity index (χ0n) is 20.8. The Morgan fingerprint density at radius 2 is 1.92 bits per heavy atom. The van der Waals surface area contributed by atoms with Gasteiger partial charge in [0.05, 0.1) is 11.1 Å². The molecule has 8 heteroatoms. The Morgan fingerprint density at radius 1 is 1.14 bits per heavy atom. The van der Waals surface area contributed by atoms with E-state index in [0.29, 0.717) is 23.6 Å². The first-order valence-corrected chi connectivity index (χ1v) is 12.2. The number of hydrogen-bond donors (Lipinski definition) is 2. The molecule has 36 heavy (non-hydrogen) atoms. The molecule has 3 heterocycles. The SMILES string of the molecule is Cc1cc(C)cc(-c2cnc3ncn(-c4cc(O)cc(F)c4)c(=O)c3c2CN(C)C[C@@H]2CCCN2)c1. The van der Waals surface area contributed by atoms with Crippen LogP contribution in [0.5, 0.6) is 5.75 Å². The van der Waals surface area contributed by atoms with Crippen molar-refractivity contribution in [1.82, 2.24) is 24.8 Å². The summed E-state index contributed by atoms with van der Waals surface area (Å²) in [7, 11) is 2.05. The molecule has 2 aromatic heterocycles. The van der Waals surface area contributed by atoms with Gasteiger partial charge in [-0.05, 0) is 57.5 Å². The van der Waals surface area contributed by atoms with E-state index < -0.39 is 5.82 Å². The van der Waals surface area contributed by atoms with Crippen molar-refractivity contribution >= 4 is 11.0 Å². The van der Waals surface area contributed by atoms with E-state index in [1.165, 1.54) is 29.4 Å². The summed E-state index contributed by atoms with van der Waals surface area (Å²) in [4.78, 5) is 25.1. The fraction of sp³-hybridized carbons (Fsp3) is 0.321. The minimum absolute atomic E-state index is 0.207. The van der Waals surface area contributed by atoms with E-state index in [2.05, 4.69) is 45.4 Å². The Balaban J connectivity index is 1.71. The Bertz CT molecular complexity index is 1450. The molecule has 0 bridgehead atoms. The third-order valence-corrected chi connectivity index (χ3v) is 6.70. The van der Waals surface area contributed by atoms with Gasteiger partial charge in [0.2, 0.25) is 0 Å². The number of aromatic hydroxyl groups is 1. The standard InChI is InChI=1S/C28H30FN5O2/c1-17-7-18(2)9-19(8-17)24-13-31-27-26(25(24)15-33(3)14-21-5-4-6-30-21)28(36)34(16-32-27)22-10-20(29)11-23(35)12-22/h7-13,16,21,30,35H,4-6,14-15H2,1-3H3/t21-/m0/s1. The van der Waals surface area contributed by atoms with Crippen LogP contribution in [0.2, 0.25) is 0 Å². The predicted octanol–water partition coefficient (Wildman–Crippen LogP) is 4.09. The first-order chi connectivity index (χ1) is 17.3. The molecule has 2 aromatic carbocycles. The van der Waals surface area contributed by atoms with Crippen LogP contribution < -0.4 is 10.9 Å². The summed E-state index contributed by atoms with van der Waals surface area (Å²) in [6, 6.07) is 10.3. The van der Waals surface area contributed by atoms with Gasteiger partial charge in [0.1, 0.15) is 17.9 Å². The maximum atomic E-state index is 14.0. The summed E-state index contributed by atoms with van der Waals surface area (Å²) in [5.74, 6) is -0.897. The molecule has 7 nitrogen and oxygen atoms in total. The van der Waals surface area contributed by atoms with E-state index in [-0.39, 0.29) is 17.0 Å². The molecule has 0 aliphatic carbocycles. The maximum absolute atomic E-state index is 14.0. The van der Waals surface area contributed by atoms with E-state index >= 15 is 0 Å². The monoisotopic (exact) mass is 487 g/mol. The molecule has 0 unspecified atom stereocenters. The van der Waals surface area contributed by atoms with Gasteiger partial charge in [-0.1, -0.05) is 29.3 Å². The molecule has 0 saturated carbocycles. The summed E-state index contributed by atoms with van der Waals surface area (Å²) in [6.45, 7) is 6.50. The molecule has 1 aliphatic rings. The number of nitrogens with zero attached hydrogens (tertiary/aromatic N) is 4. The summed E-state index contributed by atoms with van der Waals surface area (Å²) < 4.78 is 15.3. The molecule has 1 aliphatic heterocycles. The van der Waals surface area contributed by atoms with Crippen molar-refractivity contribution in [1.29, 1.82) is 0 Å². The highest BCUT2D eigenvalue weighted by Crippen LogP contribution is 2.30. The second-order valence-electron chi connectivity index (χ2n) is 9.80. The zero-order chi connectivity index (χ0) is 25.4. The number of halogens is 1. The number of benzene rings is 2. The van der Waals surface area contributed by atoms with Crippen LogP contribution in [0.25, 0.3) is 27.8 Å². The van der Waals surface area contributed by atoms with Crippen LogP contribution in [0.1, 0.15) is 29.5 Å². The number of phenolic OH excluding ortho intramolecular Hbond substituents is 1. The van der Waals surface area contributed by atoms with E-state index in [4.69, 9.17) is 0 Å². The molecule has 4 aromatic rings. The van der Waals surface area contributed by atoms with Crippen molar-refractivity contribution < 1.29 is 9.50 Å². The van der Waals surface area contributed by atoms with Crippen molar-refractivity contribution in [2.75, 3.05) is 20.1 Å². The second-order valence-corrected chi connectivity index (χ2v) is 9.80. The van der Waals surface area contributed by atoms with Gasteiger partial charge in [0.15, 0.2) is 5.65 Å². The van der Waals surface area contributed by atoms with Crippen molar-refractivity contribution in [3.63, 3.8) is 0 Å². The minimum atomic E-state index is -0.636. The molecule has 1 saturated heterocycles. The highest BCUT2D eigenvalue weighted by atomic mass is 19.1. The van der Waals surface area contributed by atoms with Gasteiger partial charge in [0.25, 0.3) is 5.56 Å².